The molecule has 0 spiro atoms. The van der Waals surface area contributed by atoms with Gasteiger partial charge in [0.05, 0.1) is 13.2 Å². The van der Waals surface area contributed by atoms with Crippen LogP contribution in [-0.4, -0.2) is 58.6 Å². The highest BCUT2D eigenvalue weighted by Crippen LogP contribution is 2.26. The maximum atomic E-state index is 12.9. The fourth-order valence-electron chi connectivity index (χ4n) is 3.86. The van der Waals surface area contributed by atoms with Crippen LogP contribution >= 0.6 is 0 Å². The van der Waals surface area contributed by atoms with Crippen molar-refractivity contribution in [2.45, 2.75) is 38.6 Å². The van der Waals surface area contributed by atoms with E-state index < -0.39 is 16.1 Å². The third kappa shape index (κ3) is 5.02. The summed E-state index contributed by atoms with van der Waals surface area (Å²) in [6, 6.07) is 10.3. The zero-order valence-electron chi connectivity index (χ0n) is 18.8. The second kappa shape index (κ2) is 9.28. The van der Waals surface area contributed by atoms with Gasteiger partial charge in [0.1, 0.15) is 10.6 Å². The average Bonchev–Trinajstić information content (AvgIpc) is 2.75. The number of nitrogens with zero attached hydrogens (tertiary/aromatic N) is 2. The Hall–Kier alpha value is -2.58. The predicted molar refractivity (Wildman–Crippen MR) is 122 cm³/mol. The summed E-state index contributed by atoms with van der Waals surface area (Å²) in [6.07, 6.45) is 0. The number of hydrogen-bond donors (Lipinski definition) is 1. The minimum Gasteiger partial charge on any atom is -0.495 e. The Morgan fingerprint density at radius 1 is 1.06 bits per heavy atom. The molecule has 0 saturated carbocycles. The number of benzene rings is 2. The zero-order valence-corrected chi connectivity index (χ0v) is 19.6. The summed E-state index contributed by atoms with van der Waals surface area (Å²) in [4.78, 5) is 17.0. The SMILES string of the molecule is COc1ccc(C)cc1S(=O)(=O)N[C@@H](C)C(=O)N1CCN(c2cccc(C)c2C)CC1. The summed E-state index contributed by atoms with van der Waals surface area (Å²) in [6.45, 7) is 10.1. The van der Waals surface area contributed by atoms with Gasteiger partial charge in [-0.1, -0.05) is 18.2 Å². The van der Waals surface area contributed by atoms with Crippen LogP contribution in [0.4, 0.5) is 5.69 Å². The third-order valence-corrected chi connectivity index (χ3v) is 7.38. The number of piperazine rings is 1. The monoisotopic (exact) mass is 445 g/mol. The van der Waals surface area contributed by atoms with Crippen molar-refractivity contribution in [1.29, 1.82) is 0 Å². The average molecular weight is 446 g/mol. The molecule has 1 aliphatic heterocycles. The molecule has 0 bridgehead atoms. The van der Waals surface area contributed by atoms with Gasteiger partial charge in [-0.3, -0.25) is 4.79 Å². The Labute approximate surface area is 185 Å². The van der Waals surface area contributed by atoms with Crippen molar-refractivity contribution in [2.24, 2.45) is 0 Å². The Morgan fingerprint density at radius 2 is 1.74 bits per heavy atom. The number of carbonyl (C=O) groups is 1. The second-order valence-corrected chi connectivity index (χ2v) is 9.71. The van der Waals surface area contributed by atoms with Crippen LogP contribution in [0.3, 0.4) is 0 Å². The van der Waals surface area contributed by atoms with Gasteiger partial charge in [-0.15, -0.1) is 0 Å². The second-order valence-electron chi connectivity index (χ2n) is 8.03. The Morgan fingerprint density at radius 3 is 2.39 bits per heavy atom. The van der Waals surface area contributed by atoms with Crippen molar-refractivity contribution < 1.29 is 17.9 Å². The highest BCUT2D eigenvalue weighted by atomic mass is 32.2. The first-order valence-electron chi connectivity index (χ1n) is 10.4. The molecule has 1 aliphatic rings. The largest absolute Gasteiger partial charge is 0.495 e. The van der Waals surface area contributed by atoms with Gasteiger partial charge in [0, 0.05) is 31.9 Å². The van der Waals surface area contributed by atoms with Crippen LogP contribution in [0.1, 0.15) is 23.6 Å². The molecule has 3 rings (SSSR count). The van der Waals surface area contributed by atoms with E-state index in [0.717, 1.165) is 5.56 Å². The maximum Gasteiger partial charge on any atom is 0.244 e. The number of hydrogen-bond acceptors (Lipinski definition) is 5. The predicted octanol–water partition coefficient (Wildman–Crippen LogP) is 2.64. The first-order chi connectivity index (χ1) is 14.6. The Bertz CT molecular complexity index is 1060. The normalized spacial score (nSPS) is 15.6. The van der Waals surface area contributed by atoms with E-state index in [1.807, 2.05) is 13.0 Å². The first-order valence-corrected chi connectivity index (χ1v) is 11.9. The van der Waals surface area contributed by atoms with Crippen LogP contribution in [0.25, 0.3) is 0 Å². The van der Waals surface area contributed by atoms with Crippen LogP contribution < -0.4 is 14.4 Å². The Balaban J connectivity index is 1.66. The van der Waals surface area contributed by atoms with E-state index in [4.69, 9.17) is 4.74 Å². The highest BCUT2D eigenvalue weighted by Gasteiger charge is 2.30. The van der Waals surface area contributed by atoms with E-state index >= 15 is 0 Å². The van der Waals surface area contributed by atoms with Crippen LogP contribution in [0, 0.1) is 20.8 Å². The molecule has 31 heavy (non-hydrogen) atoms. The zero-order chi connectivity index (χ0) is 22.8. The van der Waals surface area contributed by atoms with E-state index in [9.17, 15) is 13.2 Å². The molecule has 2 aromatic carbocycles. The van der Waals surface area contributed by atoms with Crippen LogP contribution in [0.5, 0.6) is 5.75 Å². The van der Waals surface area contributed by atoms with E-state index in [1.54, 1.807) is 30.0 Å². The number of rotatable bonds is 6. The molecule has 168 valence electrons. The molecule has 1 amide bonds. The summed E-state index contributed by atoms with van der Waals surface area (Å²) in [5.74, 6) is 0.0238. The Kier molecular flexibility index (Phi) is 6.91. The minimum atomic E-state index is -3.91. The lowest BCUT2D eigenvalue weighted by Crippen LogP contribution is -2.54. The molecule has 1 saturated heterocycles. The summed E-state index contributed by atoms with van der Waals surface area (Å²) in [7, 11) is -2.48. The van der Waals surface area contributed by atoms with Crippen molar-refractivity contribution in [1.82, 2.24) is 9.62 Å². The molecule has 0 radical (unpaired) electrons. The quantitative estimate of drug-likeness (QED) is 0.740. The lowest BCUT2D eigenvalue weighted by molar-refractivity contribution is -0.132. The van der Waals surface area contributed by atoms with E-state index in [2.05, 4.69) is 35.6 Å². The fraction of sp³-hybridized carbons (Fsp3) is 0.435. The van der Waals surface area contributed by atoms with Gasteiger partial charge >= 0.3 is 0 Å². The molecule has 0 aromatic heterocycles. The molecular formula is C23H31N3O4S. The lowest BCUT2D eigenvalue weighted by atomic mass is 10.1. The number of aryl methyl sites for hydroxylation is 2. The minimum absolute atomic E-state index is 0.0365. The molecule has 1 fully saturated rings. The molecule has 1 heterocycles. The summed E-state index contributed by atoms with van der Waals surface area (Å²) >= 11 is 0. The van der Waals surface area contributed by atoms with Gasteiger partial charge in [0.2, 0.25) is 15.9 Å². The number of amides is 1. The highest BCUT2D eigenvalue weighted by molar-refractivity contribution is 7.89. The summed E-state index contributed by atoms with van der Waals surface area (Å²) in [5.41, 5.74) is 4.47. The first kappa shape index (κ1) is 23.1. The molecule has 0 aliphatic carbocycles. The van der Waals surface area contributed by atoms with Gasteiger partial charge in [0.15, 0.2) is 0 Å². The molecule has 2 aromatic rings. The molecule has 1 N–H and O–H groups in total. The number of sulfonamides is 1. The number of anilines is 1. The van der Waals surface area contributed by atoms with E-state index in [0.29, 0.717) is 26.2 Å². The van der Waals surface area contributed by atoms with E-state index in [1.165, 1.54) is 23.9 Å². The van der Waals surface area contributed by atoms with Gasteiger partial charge in [0.25, 0.3) is 0 Å². The van der Waals surface area contributed by atoms with Crippen molar-refractivity contribution >= 4 is 21.6 Å². The van der Waals surface area contributed by atoms with Gasteiger partial charge < -0.3 is 14.5 Å². The van der Waals surface area contributed by atoms with Crippen molar-refractivity contribution in [3.05, 3.63) is 53.1 Å². The third-order valence-electron chi connectivity index (χ3n) is 5.82. The number of nitrogens with one attached hydrogen (secondary N) is 1. The number of ether oxygens (including phenoxy) is 1. The molecule has 8 heteroatoms. The van der Waals surface area contributed by atoms with Gasteiger partial charge in [-0.05, 0) is 62.6 Å². The van der Waals surface area contributed by atoms with Crippen molar-refractivity contribution in [3.63, 3.8) is 0 Å². The van der Waals surface area contributed by atoms with Gasteiger partial charge in [-0.2, -0.15) is 4.72 Å². The lowest BCUT2D eigenvalue weighted by Gasteiger charge is -2.38. The van der Waals surface area contributed by atoms with Crippen LogP contribution in [0.2, 0.25) is 0 Å². The van der Waals surface area contributed by atoms with Gasteiger partial charge in [-0.25, -0.2) is 8.42 Å². The molecular weight excluding hydrogens is 414 g/mol. The summed E-state index contributed by atoms with van der Waals surface area (Å²) < 4.78 is 33.5. The summed E-state index contributed by atoms with van der Waals surface area (Å²) in [5, 5.41) is 0. The molecule has 1 atom stereocenters. The smallest absolute Gasteiger partial charge is 0.244 e. The van der Waals surface area contributed by atoms with Crippen LogP contribution in [-0.2, 0) is 14.8 Å². The topological polar surface area (TPSA) is 78.9 Å². The molecule has 7 nitrogen and oxygen atoms in total. The standard InChI is InChI=1S/C23H31N3O4S/c1-16-9-10-21(30-5)22(15-16)31(28,29)24-19(4)23(27)26-13-11-25(12-14-26)20-8-6-7-17(2)18(20)3/h6-10,15,19,24H,11-14H2,1-5H3/t19-/m0/s1. The molecule has 0 unspecified atom stereocenters. The fourth-order valence-corrected chi connectivity index (χ4v) is 5.31. The van der Waals surface area contributed by atoms with Crippen LogP contribution in [0.15, 0.2) is 41.3 Å². The number of carbonyl (C=O) groups excluding carboxylic acids is 1. The van der Waals surface area contributed by atoms with Crippen molar-refractivity contribution in [2.75, 3.05) is 38.2 Å². The van der Waals surface area contributed by atoms with E-state index in [-0.39, 0.29) is 16.6 Å². The maximum absolute atomic E-state index is 12.9. The number of methoxy groups -OCH3 is 1. The van der Waals surface area contributed by atoms with Crippen molar-refractivity contribution in [3.8, 4) is 5.75 Å².